The number of nitrogen functional groups attached to an aromatic ring is 1. The summed E-state index contributed by atoms with van der Waals surface area (Å²) in [7, 11) is 1.48. The lowest BCUT2D eigenvalue weighted by atomic mass is 10.2. The number of ether oxygens (including phenoxy) is 3. The molecule has 0 bridgehead atoms. The highest BCUT2D eigenvalue weighted by atomic mass is 19.4. The maximum Gasteiger partial charge on any atom is 0.573 e. The van der Waals surface area contributed by atoms with Gasteiger partial charge in [-0.25, -0.2) is 0 Å². The zero-order valence-corrected chi connectivity index (χ0v) is 11.0. The third-order valence-electron chi connectivity index (χ3n) is 2.48. The first-order valence-corrected chi connectivity index (χ1v) is 5.84. The third-order valence-corrected chi connectivity index (χ3v) is 2.48. The molecular formula is C14H12F3NO3. The maximum atomic E-state index is 12.1. The second kappa shape index (κ2) is 5.82. The minimum atomic E-state index is -4.75. The van der Waals surface area contributed by atoms with Crippen LogP contribution < -0.4 is 19.9 Å². The van der Waals surface area contributed by atoms with E-state index in [2.05, 4.69) is 4.74 Å². The smallest absolute Gasteiger partial charge is 0.495 e. The van der Waals surface area contributed by atoms with Gasteiger partial charge in [0.15, 0.2) is 0 Å². The van der Waals surface area contributed by atoms with Crippen LogP contribution in [-0.2, 0) is 0 Å². The first-order valence-electron chi connectivity index (χ1n) is 5.84. The molecule has 0 amide bonds. The van der Waals surface area contributed by atoms with Crippen molar-refractivity contribution < 1.29 is 27.4 Å². The van der Waals surface area contributed by atoms with Gasteiger partial charge < -0.3 is 19.9 Å². The van der Waals surface area contributed by atoms with Crippen LogP contribution in [0.2, 0.25) is 0 Å². The van der Waals surface area contributed by atoms with Gasteiger partial charge in [0.25, 0.3) is 0 Å². The first-order chi connectivity index (χ1) is 9.87. The normalized spacial score (nSPS) is 11.0. The highest BCUT2D eigenvalue weighted by Gasteiger charge is 2.31. The molecule has 2 aromatic rings. The quantitative estimate of drug-likeness (QED) is 0.868. The Morgan fingerprint density at radius 2 is 1.62 bits per heavy atom. The van der Waals surface area contributed by atoms with Crippen molar-refractivity contribution in [2.45, 2.75) is 6.36 Å². The van der Waals surface area contributed by atoms with Crippen molar-refractivity contribution in [3.8, 4) is 23.0 Å². The summed E-state index contributed by atoms with van der Waals surface area (Å²) < 4.78 is 50.7. The summed E-state index contributed by atoms with van der Waals surface area (Å²) in [6.45, 7) is 0. The second-order valence-corrected chi connectivity index (χ2v) is 4.03. The van der Waals surface area contributed by atoms with Crippen LogP contribution in [0.5, 0.6) is 23.0 Å². The zero-order valence-electron chi connectivity index (χ0n) is 11.0. The number of hydrogen-bond donors (Lipinski definition) is 1. The number of rotatable bonds is 4. The molecule has 7 heteroatoms. The molecule has 2 aromatic carbocycles. The molecule has 112 valence electrons. The monoisotopic (exact) mass is 299 g/mol. The van der Waals surface area contributed by atoms with Crippen molar-refractivity contribution in [2.24, 2.45) is 0 Å². The Labute approximate surface area is 118 Å². The van der Waals surface area contributed by atoms with E-state index in [1.165, 1.54) is 31.4 Å². The van der Waals surface area contributed by atoms with E-state index in [-0.39, 0.29) is 11.5 Å². The molecule has 0 spiro atoms. The zero-order chi connectivity index (χ0) is 15.5. The topological polar surface area (TPSA) is 53.7 Å². The highest BCUT2D eigenvalue weighted by molar-refractivity contribution is 5.56. The van der Waals surface area contributed by atoms with Crippen LogP contribution in [0, 0.1) is 0 Å². The van der Waals surface area contributed by atoms with Gasteiger partial charge in [0.2, 0.25) is 0 Å². The summed E-state index contributed by atoms with van der Waals surface area (Å²) in [5.74, 6) is 0.691. The summed E-state index contributed by atoms with van der Waals surface area (Å²) in [5.41, 5.74) is 6.08. The average Bonchev–Trinajstić information content (AvgIpc) is 2.37. The van der Waals surface area contributed by atoms with Crippen LogP contribution in [0.15, 0.2) is 42.5 Å². The van der Waals surface area contributed by atoms with Crippen LogP contribution in [0.25, 0.3) is 0 Å². The van der Waals surface area contributed by atoms with Crippen molar-refractivity contribution in [1.29, 1.82) is 0 Å². The molecule has 0 atom stereocenters. The van der Waals surface area contributed by atoms with Gasteiger partial charge in [0.1, 0.15) is 23.0 Å². The van der Waals surface area contributed by atoms with Crippen molar-refractivity contribution in [2.75, 3.05) is 12.8 Å². The number of anilines is 1. The number of methoxy groups -OCH3 is 1. The maximum absolute atomic E-state index is 12.1. The number of alkyl halides is 3. The fourth-order valence-corrected chi connectivity index (χ4v) is 1.65. The van der Waals surface area contributed by atoms with Gasteiger partial charge in [-0.05, 0) is 24.3 Å². The molecule has 0 aliphatic rings. The summed E-state index contributed by atoms with van der Waals surface area (Å²) in [4.78, 5) is 0. The molecule has 21 heavy (non-hydrogen) atoms. The molecule has 0 saturated carbocycles. The van der Waals surface area contributed by atoms with E-state index < -0.39 is 6.36 Å². The number of hydrogen-bond acceptors (Lipinski definition) is 4. The SMILES string of the molecule is COc1ccc(Oc2cccc(OC(F)(F)F)c2)cc1N. The Balaban J connectivity index is 2.16. The van der Waals surface area contributed by atoms with Crippen LogP contribution in [0.4, 0.5) is 18.9 Å². The predicted molar refractivity (Wildman–Crippen MR) is 70.6 cm³/mol. The molecule has 0 aliphatic carbocycles. The standard InChI is InChI=1S/C14H12F3NO3/c1-19-13-6-5-10(8-12(13)18)20-9-3-2-4-11(7-9)21-14(15,16)17/h2-8H,18H2,1H3. The van der Waals surface area contributed by atoms with Crippen LogP contribution in [0.1, 0.15) is 0 Å². The molecule has 0 radical (unpaired) electrons. The van der Waals surface area contributed by atoms with Gasteiger partial charge in [-0.1, -0.05) is 6.07 Å². The van der Waals surface area contributed by atoms with E-state index in [1.54, 1.807) is 12.1 Å². The van der Waals surface area contributed by atoms with E-state index in [9.17, 15) is 13.2 Å². The molecule has 4 nitrogen and oxygen atoms in total. The molecule has 0 heterocycles. The van der Waals surface area contributed by atoms with Crippen molar-refractivity contribution in [1.82, 2.24) is 0 Å². The van der Waals surface area contributed by atoms with E-state index in [0.29, 0.717) is 17.2 Å². The van der Waals surface area contributed by atoms with Gasteiger partial charge in [-0.2, -0.15) is 0 Å². The molecule has 2 N–H and O–H groups in total. The van der Waals surface area contributed by atoms with Crippen molar-refractivity contribution in [3.63, 3.8) is 0 Å². The molecule has 0 aliphatic heterocycles. The van der Waals surface area contributed by atoms with E-state index in [1.807, 2.05) is 0 Å². The lowest BCUT2D eigenvalue weighted by Crippen LogP contribution is -2.17. The molecule has 2 rings (SSSR count). The van der Waals surface area contributed by atoms with Crippen LogP contribution in [0.3, 0.4) is 0 Å². The average molecular weight is 299 g/mol. The Bertz CT molecular complexity index is 629. The Hall–Kier alpha value is -2.57. The fraction of sp³-hybridized carbons (Fsp3) is 0.143. The molecular weight excluding hydrogens is 287 g/mol. The number of halogens is 3. The van der Waals surface area contributed by atoms with Gasteiger partial charge in [-0.15, -0.1) is 13.2 Å². The molecule has 0 fully saturated rings. The van der Waals surface area contributed by atoms with Gasteiger partial charge in [0, 0.05) is 12.1 Å². The van der Waals surface area contributed by atoms with Crippen LogP contribution >= 0.6 is 0 Å². The fourth-order valence-electron chi connectivity index (χ4n) is 1.65. The minimum Gasteiger partial charge on any atom is -0.495 e. The largest absolute Gasteiger partial charge is 0.573 e. The highest BCUT2D eigenvalue weighted by Crippen LogP contribution is 2.31. The Morgan fingerprint density at radius 1 is 0.952 bits per heavy atom. The summed E-state index contributed by atoms with van der Waals surface area (Å²) >= 11 is 0. The Kier molecular flexibility index (Phi) is 4.11. The summed E-state index contributed by atoms with van der Waals surface area (Å²) in [5, 5.41) is 0. The summed E-state index contributed by atoms with van der Waals surface area (Å²) in [6, 6.07) is 9.91. The number of benzene rings is 2. The lowest BCUT2D eigenvalue weighted by Gasteiger charge is -2.11. The van der Waals surface area contributed by atoms with Gasteiger partial charge in [-0.3, -0.25) is 0 Å². The second-order valence-electron chi connectivity index (χ2n) is 4.03. The van der Waals surface area contributed by atoms with E-state index in [4.69, 9.17) is 15.2 Å². The van der Waals surface area contributed by atoms with E-state index >= 15 is 0 Å². The number of nitrogens with two attached hydrogens (primary N) is 1. The third kappa shape index (κ3) is 4.20. The van der Waals surface area contributed by atoms with Gasteiger partial charge >= 0.3 is 6.36 Å². The summed E-state index contributed by atoms with van der Waals surface area (Å²) in [6.07, 6.45) is -4.75. The first kappa shape index (κ1) is 14.8. The van der Waals surface area contributed by atoms with Crippen molar-refractivity contribution >= 4 is 5.69 Å². The molecule has 0 aromatic heterocycles. The van der Waals surface area contributed by atoms with Crippen molar-refractivity contribution in [3.05, 3.63) is 42.5 Å². The molecule has 0 saturated heterocycles. The predicted octanol–water partition coefficient (Wildman–Crippen LogP) is 3.97. The van der Waals surface area contributed by atoms with Gasteiger partial charge in [0.05, 0.1) is 12.8 Å². The molecule has 0 unspecified atom stereocenters. The van der Waals surface area contributed by atoms with E-state index in [0.717, 1.165) is 6.07 Å². The van der Waals surface area contributed by atoms with Crippen LogP contribution in [-0.4, -0.2) is 13.5 Å². The lowest BCUT2D eigenvalue weighted by molar-refractivity contribution is -0.274. The Morgan fingerprint density at radius 3 is 2.24 bits per heavy atom. The minimum absolute atomic E-state index is 0.196.